The molecular formula is C11H15FO2S. The highest BCUT2D eigenvalue weighted by Crippen LogP contribution is 2.19. The van der Waals surface area contributed by atoms with Gasteiger partial charge in [0.1, 0.15) is 5.82 Å². The largest absolute Gasteiger partial charge is 0.356 e. The average Bonchev–Trinajstić information content (AvgIpc) is 2.27. The molecule has 1 rings (SSSR count). The van der Waals surface area contributed by atoms with E-state index in [1.54, 1.807) is 38.1 Å². The topological polar surface area (TPSA) is 18.5 Å². The zero-order valence-corrected chi connectivity index (χ0v) is 9.72. The molecule has 0 aliphatic heterocycles. The number of hydrogen-bond donors (Lipinski definition) is 0. The molecule has 4 heteroatoms. The minimum absolute atomic E-state index is 0.155. The Morgan fingerprint density at radius 2 is 1.80 bits per heavy atom. The van der Waals surface area contributed by atoms with Gasteiger partial charge in [0.05, 0.1) is 0 Å². The van der Waals surface area contributed by atoms with Gasteiger partial charge in [-0.05, 0) is 24.3 Å². The number of methoxy groups -OCH3 is 2. The molecule has 0 N–H and O–H groups in total. The highest BCUT2D eigenvalue weighted by Gasteiger charge is 2.04. The molecule has 0 fully saturated rings. The summed E-state index contributed by atoms with van der Waals surface area (Å²) < 4.78 is 22.7. The average molecular weight is 230 g/mol. The Hall–Kier alpha value is -0.580. The van der Waals surface area contributed by atoms with Gasteiger partial charge in [-0.3, -0.25) is 0 Å². The van der Waals surface area contributed by atoms with E-state index in [2.05, 4.69) is 0 Å². The molecule has 2 nitrogen and oxygen atoms in total. The van der Waals surface area contributed by atoms with Crippen LogP contribution in [0, 0.1) is 5.82 Å². The summed E-state index contributed by atoms with van der Waals surface area (Å²) >= 11 is 1.66. The van der Waals surface area contributed by atoms with Crippen LogP contribution in [0.25, 0.3) is 0 Å². The number of halogens is 1. The quantitative estimate of drug-likeness (QED) is 0.553. The molecule has 0 aliphatic carbocycles. The number of hydrogen-bond acceptors (Lipinski definition) is 3. The normalized spacial score (nSPS) is 10.9. The first kappa shape index (κ1) is 12.5. The van der Waals surface area contributed by atoms with Crippen LogP contribution in [-0.4, -0.2) is 26.3 Å². The number of benzene rings is 1. The standard InChI is InChI=1S/C11H15FO2S/c1-13-11(14-2)7-8-15-10-5-3-9(12)4-6-10/h3-6,11H,7-8H2,1-2H3. The molecule has 0 atom stereocenters. The van der Waals surface area contributed by atoms with E-state index in [-0.39, 0.29) is 12.1 Å². The lowest BCUT2D eigenvalue weighted by Gasteiger charge is -2.12. The van der Waals surface area contributed by atoms with Crippen LogP contribution < -0.4 is 0 Å². The number of rotatable bonds is 6. The van der Waals surface area contributed by atoms with Crippen molar-refractivity contribution in [3.05, 3.63) is 30.1 Å². The maximum atomic E-state index is 12.6. The third kappa shape index (κ3) is 4.64. The van der Waals surface area contributed by atoms with Crippen LogP contribution in [0.1, 0.15) is 6.42 Å². The SMILES string of the molecule is COC(CCSc1ccc(F)cc1)OC. The summed E-state index contributed by atoms with van der Waals surface area (Å²) in [7, 11) is 3.24. The molecule has 0 radical (unpaired) electrons. The van der Waals surface area contributed by atoms with Gasteiger partial charge in [0.25, 0.3) is 0 Å². The molecule has 0 bridgehead atoms. The van der Waals surface area contributed by atoms with Gasteiger partial charge in [0, 0.05) is 31.3 Å². The van der Waals surface area contributed by atoms with E-state index < -0.39 is 0 Å². The van der Waals surface area contributed by atoms with Crippen LogP contribution in [0.4, 0.5) is 4.39 Å². The summed E-state index contributed by atoms with van der Waals surface area (Å²) in [5.41, 5.74) is 0. The first-order valence-corrected chi connectivity index (χ1v) is 5.68. The molecule has 0 aliphatic rings. The zero-order chi connectivity index (χ0) is 11.1. The van der Waals surface area contributed by atoms with E-state index in [1.807, 2.05) is 0 Å². The second-order valence-electron chi connectivity index (χ2n) is 2.99. The van der Waals surface area contributed by atoms with Gasteiger partial charge >= 0.3 is 0 Å². The third-order valence-electron chi connectivity index (χ3n) is 1.96. The minimum atomic E-state index is -0.203. The van der Waals surface area contributed by atoms with Crippen LogP contribution in [0.5, 0.6) is 0 Å². The maximum absolute atomic E-state index is 12.6. The highest BCUT2D eigenvalue weighted by atomic mass is 32.2. The highest BCUT2D eigenvalue weighted by molar-refractivity contribution is 7.99. The van der Waals surface area contributed by atoms with Crippen molar-refractivity contribution in [3.8, 4) is 0 Å². The first-order chi connectivity index (χ1) is 7.26. The van der Waals surface area contributed by atoms with E-state index in [4.69, 9.17) is 9.47 Å². The Labute approximate surface area is 93.8 Å². The van der Waals surface area contributed by atoms with Crippen LogP contribution >= 0.6 is 11.8 Å². The van der Waals surface area contributed by atoms with Crippen molar-refractivity contribution in [2.75, 3.05) is 20.0 Å². The van der Waals surface area contributed by atoms with E-state index in [1.165, 1.54) is 12.1 Å². The fourth-order valence-electron chi connectivity index (χ4n) is 1.14. The van der Waals surface area contributed by atoms with Crippen molar-refractivity contribution >= 4 is 11.8 Å². The van der Waals surface area contributed by atoms with Gasteiger partial charge in [0.15, 0.2) is 6.29 Å². The van der Waals surface area contributed by atoms with Gasteiger partial charge < -0.3 is 9.47 Å². The summed E-state index contributed by atoms with van der Waals surface area (Å²) in [6, 6.07) is 6.47. The van der Waals surface area contributed by atoms with Crippen molar-refractivity contribution in [2.45, 2.75) is 17.6 Å². The Bertz CT molecular complexity index is 272. The van der Waals surface area contributed by atoms with Gasteiger partial charge in [-0.25, -0.2) is 4.39 Å². The minimum Gasteiger partial charge on any atom is -0.356 e. The lowest BCUT2D eigenvalue weighted by Crippen LogP contribution is -2.13. The van der Waals surface area contributed by atoms with Gasteiger partial charge in [-0.1, -0.05) is 0 Å². The molecule has 1 aromatic carbocycles. The van der Waals surface area contributed by atoms with Crippen LogP contribution in [0.15, 0.2) is 29.2 Å². The summed E-state index contributed by atoms with van der Waals surface area (Å²) in [5.74, 6) is 0.684. The fraction of sp³-hybridized carbons (Fsp3) is 0.455. The molecule has 0 unspecified atom stereocenters. The number of thioether (sulfide) groups is 1. The molecule has 15 heavy (non-hydrogen) atoms. The van der Waals surface area contributed by atoms with Crippen LogP contribution in [0.3, 0.4) is 0 Å². The summed E-state index contributed by atoms with van der Waals surface area (Å²) in [5, 5.41) is 0. The molecule has 84 valence electrons. The molecular weight excluding hydrogens is 215 g/mol. The molecule has 1 aromatic rings. The van der Waals surface area contributed by atoms with Crippen molar-refractivity contribution in [3.63, 3.8) is 0 Å². The molecule has 0 saturated carbocycles. The van der Waals surface area contributed by atoms with Gasteiger partial charge in [-0.2, -0.15) is 0 Å². The predicted molar refractivity (Wildman–Crippen MR) is 59.5 cm³/mol. The smallest absolute Gasteiger partial charge is 0.157 e. The van der Waals surface area contributed by atoms with Crippen molar-refractivity contribution in [2.24, 2.45) is 0 Å². The Kier molecular flexibility index (Phi) is 5.68. The Morgan fingerprint density at radius 3 is 2.33 bits per heavy atom. The summed E-state index contributed by atoms with van der Waals surface area (Å²) in [6.45, 7) is 0. The lowest BCUT2D eigenvalue weighted by atomic mass is 10.4. The molecule has 0 aromatic heterocycles. The van der Waals surface area contributed by atoms with Crippen LogP contribution in [0.2, 0.25) is 0 Å². The first-order valence-electron chi connectivity index (χ1n) is 4.70. The molecule has 0 saturated heterocycles. The second kappa shape index (κ2) is 6.82. The predicted octanol–water partition coefficient (Wildman–Crippen LogP) is 2.93. The maximum Gasteiger partial charge on any atom is 0.157 e. The monoisotopic (exact) mass is 230 g/mol. The third-order valence-corrected chi connectivity index (χ3v) is 3.01. The van der Waals surface area contributed by atoms with Crippen LogP contribution in [-0.2, 0) is 9.47 Å². The van der Waals surface area contributed by atoms with Gasteiger partial charge in [-0.15, -0.1) is 11.8 Å². The number of ether oxygens (including phenoxy) is 2. The zero-order valence-electron chi connectivity index (χ0n) is 8.90. The van der Waals surface area contributed by atoms with Crippen molar-refractivity contribution in [1.82, 2.24) is 0 Å². The van der Waals surface area contributed by atoms with E-state index in [9.17, 15) is 4.39 Å². The molecule has 0 amide bonds. The van der Waals surface area contributed by atoms with Crippen molar-refractivity contribution < 1.29 is 13.9 Å². The van der Waals surface area contributed by atoms with Crippen molar-refractivity contribution in [1.29, 1.82) is 0 Å². The Morgan fingerprint density at radius 1 is 1.20 bits per heavy atom. The van der Waals surface area contributed by atoms with E-state index in [0.29, 0.717) is 0 Å². The molecule has 0 spiro atoms. The lowest BCUT2D eigenvalue weighted by molar-refractivity contribution is -0.102. The summed E-state index contributed by atoms with van der Waals surface area (Å²) in [6.07, 6.45) is 0.660. The molecule has 0 heterocycles. The summed E-state index contributed by atoms with van der Waals surface area (Å²) in [4.78, 5) is 1.06. The van der Waals surface area contributed by atoms with E-state index >= 15 is 0 Å². The fourth-order valence-corrected chi connectivity index (χ4v) is 2.01. The Balaban J connectivity index is 2.28. The second-order valence-corrected chi connectivity index (χ2v) is 4.16. The van der Waals surface area contributed by atoms with Gasteiger partial charge in [0.2, 0.25) is 0 Å². The van der Waals surface area contributed by atoms with E-state index in [0.717, 1.165) is 17.1 Å².